The molecule has 40 heavy (non-hydrogen) atoms. The van der Waals surface area contributed by atoms with Gasteiger partial charge >= 0.3 is 0 Å². The van der Waals surface area contributed by atoms with E-state index in [0.717, 1.165) is 45.4 Å². The number of carbonyl (C=O) groups is 1. The molecule has 1 aromatic heterocycles. The summed E-state index contributed by atoms with van der Waals surface area (Å²) in [6.07, 6.45) is 6.90. The predicted molar refractivity (Wildman–Crippen MR) is 163 cm³/mol. The van der Waals surface area contributed by atoms with Crippen LogP contribution in [-0.2, 0) is 6.54 Å². The number of piperazine rings is 1. The fourth-order valence-electron chi connectivity index (χ4n) is 7.14. The lowest BCUT2D eigenvalue weighted by Gasteiger charge is -2.47. The van der Waals surface area contributed by atoms with E-state index in [1.807, 2.05) is 18.2 Å². The minimum absolute atomic E-state index is 0. The van der Waals surface area contributed by atoms with E-state index in [0.29, 0.717) is 46.7 Å². The maximum atomic E-state index is 13.5. The number of carbonyl (C=O) groups excluding carboxylic acids is 1. The van der Waals surface area contributed by atoms with Crippen molar-refractivity contribution < 1.29 is 9.21 Å². The topological polar surface area (TPSA) is 64.8 Å². The molecule has 2 unspecified atom stereocenters. The van der Waals surface area contributed by atoms with Crippen molar-refractivity contribution in [2.45, 2.75) is 83.1 Å². The van der Waals surface area contributed by atoms with E-state index in [-0.39, 0.29) is 24.4 Å². The SMILES string of the molecule is CC(C)C[C@H]1CN(Cc2ccccc2)CCN1c1nc2c(C(=O)NC3CC4CCCC(C3)N4C)cccc2o1.Cl. The van der Waals surface area contributed by atoms with Crippen LogP contribution in [-0.4, -0.2) is 71.5 Å². The molecule has 2 bridgehead atoms. The van der Waals surface area contributed by atoms with Crippen LogP contribution in [0.1, 0.15) is 68.3 Å². The molecule has 3 fully saturated rings. The number of benzene rings is 2. The molecule has 0 spiro atoms. The Balaban J connectivity index is 0.00000323. The van der Waals surface area contributed by atoms with Crippen LogP contribution >= 0.6 is 12.4 Å². The molecule has 1 N–H and O–H groups in total. The summed E-state index contributed by atoms with van der Waals surface area (Å²) in [6, 6.07) is 18.8. The largest absolute Gasteiger partial charge is 0.423 e. The highest BCUT2D eigenvalue weighted by molar-refractivity contribution is 6.04. The Morgan fingerprint density at radius 2 is 1.80 bits per heavy atom. The molecule has 2 aromatic carbocycles. The fourth-order valence-corrected chi connectivity index (χ4v) is 7.14. The Bertz CT molecular complexity index is 1270. The second kappa shape index (κ2) is 12.5. The minimum Gasteiger partial charge on any atom is -0.423 e. The lowest BCUT2D eigenvalue weighted by atomic mass is 9.82. The van der Waals surface area contributed by atoms with E-state index < -0.39 is 0 Å². The Hall–Kier alpha value is -2.61. The number of anilines is 1. The van der Waals surface area contributed by atoms with Gasteiger partial charge in [0, 0.05) is 50.3 Å². The highest BCUT2D eigenvalue weighted by Gasteiger charge is 2.37. The lowest BCUT2D eigenvalue weighted by Crippen LogP contribution is -2.55. The number of halogens is 1. The molecule has 3 aliphatic rings. The molecule has 0 aliphatic carbocycles. The first kappa shape index (κ1) is 28.9. The maximum Gasteiger partial charge on any atom is 0.298 e. The molecule has 3 saturated heterocycles. The smallest absolute Gasteiger partial charge is 0.298 e. The summed E-state index contributed by atoms with van der Waals surface area (Å²) in [4.78, 5) is 25.9. The van der Waals surface area contributed by atoms with Crippen LogP contribution in [0, 0.1) is 5.92 Å². The zero-order valence-electron chi connectivity index (χ0n) is 24.1. The Morgan fingerprint density at radius 3 is 2.52 bits per heavy atom. The third-order valence-electron chi connectivity index (χ3n) is 9.13. The van der Waals surface area contributed by atoms with Gasteiger partial charge in [-0.1, -0.05) is 56.7 Å². The molecule has 8 heteroatoms. The molecule has 3 aliphatic heterocycles. The van der Waals surface area contributed by atoms with Crippen LogP contribution in [0.2, 0.25) is 0 Å². The fraction of sp³-hybridized carbons (Fsp3) is 0.562. The summed E-state index contributed by atoms with van der Waals surface area (Å²) in [5, 5.41) is 3.36. The summed E-state index contributed by atoms with van der Waals surface area (Å²) < 4.78 is 6.34. The molecular weight excluding hydrogens is 522 g/mol. The van der Waals surface area contributed by atoms with Crippen molar-refractivity contribution in [2.24, 2.45) is 5.92 Å². The predicted octanol–water partition coefficient (Wildman–Crippen LogP) is 5.73. The zero-order valence-corrected chi connectivity index (χ0v) is 24.9. The van der Waals surface area contributed by atoms with Crippen molar-refractivity contribution in [1.29, 1.82) is 0 Å². The van der Waals surface area contributed by atoms with Crippen molar-refractivity contribution in [2.75, 3.05) is 31.6 Å². The van der Waals surface area contributed by atoms with Crippen LogP contribution < -0.4 is 10.2 Å². The Kier molecular flexibility index (Phi) is 9.03. The third kappa shape index (κ3) is 6.17. The lowest BCUT2D eigenvalue weighted by molar-refractivity contribution is 0.0463. The van der Waals surface area contributed by atoms with E-state index >= 15 is 0 Å². The van der Waals surface area contributed by atoms with Gasteiger partial charge in [-0.3, -0.25) is 9.69 Å². The van der Waals surface area contributed by atoms with Crippen LogP contribution in [0.15, 0.2) is 52.9 Å². The molecule has 0 saturated carbocycles. The number of para-hydroxylation sites is 1. The first-order valence-electron chi connectivity index (χ1n) is 14.9. The van der Waals surface area contributed by atoms with Gasteiger partial charge in [0.25, 0.3) is 11.9 Å². The highest BCUT2D eigenvalue weighted by Crippen LogP contribution is 2.33. The van der Waals surface area contributed by atoms with Gasteiger partial charge in [0.1, 0.15) is 5.52 Å². The van der Waals surface area contributed by atoms with E-state index in [4.69, 9.17) is 9.40 Å². The van der Waals surface area contributed by atoms with Crippen molar-refractivity contribution in [3.05, 3.63) is 59.7 Å². The van der Waals surface area contributed by atoms with Crippen LogP contribution in [0.3, 0.4) is 0 Å². The number of amides is 1. The number of piperidine rings is 2. The number of oxazole rings is 1. The summed E-state index contributed by atoms with van der Waals surface area (Å²) in [5.74, 6) is 0.536. The van der Waals surface area contributed by atoms with Gasteiger partial charge in [0.2, 0.25) is 0 Å². The third-order valence-corrected chi connectivity index (χ3v) is 9.13. The number of nitrogens with zero attached hydrogens (tertiary/aromatic N) is 4. The molecule has 216 valence electrons. The molecule has 1 amide bonds. The molecule has 0 radical (unpaired) electrons. The zero-order chi connectivity index (χ0) is 26.9. The maximum absolute atomic E-state index is 13.5. The first-order chi connectivity index (χ1) is 18.9. The van der Waals surface area contributed by atoms with Crippen LogP contribution in [0.25, 0.3) is 11.1 Å². The molecular formula is C32H44ClN5O2. The Labute approximate surface area is 244 Å². The molecule has 7 nitrogen and oxygen atoms in total. The van der Waals surface area contributed by atoms with Gasteiger partial charge < -0.3 is 19.5 Å². The number of rotatable bonds is 7. The monoisotopic (exact) mass is 565 g/mol. The molecule has 4 heterocycles. The standard InChI is InChI=1S/C32H43N5O2.ClH/c1-22(2)17-27-21-36(20-23-9-5-4-6-10-23)15-16-37(27)32-34-30-28(13-8-14-29(30)39-32)31(38)33-24-18-25-11-7-12-26(19-24)35(25)3;/h4-6,8-10,13-14,22,24-27H,7,11-12,15-21H2,1-3H3,(H,33,38);1H/t24?,25?,26?,27-;/m0./s1. The molecule has 3 atom stereocenters. The quantitative estimate of drug-likeness (QED) is 0.394. The summed E-state index contributed by atoms with van der Waals surface area (Å²) in [5.41, 5.74) is 3.33. The van der Waals surface area contributed by atoms with Crippen molar-refractivity contribution >= 4 is 35.4 Å². The van der Waals surface area contributed by atoms with Crippen LogP contribution in [0.5, 0.6) is 0 Å². The summed E-state index contributed by atoms with van der Waals surface area (Å²) in [7, 11) is 2.25. The molecule has 6 rings (SSSR count). The second-order valence-corrected chi connectivity index (χ2v) is 12.4. The highest BCUT2D eigenvalue weighted by atomic mass is 35.5. The van der Waals surface area contributed by atoms with Gasteiger partial charge in [-0.05, 0) is 62.8 Å². The summed E-state index contributed by atoms with van der Waals surface area (Å²) >= 11 is 0. The average Bonchev–Trinajstić information content (AvgIpc) is 3.34. The van der Waals surface area contributed by atoms with E-state index in [2.05, 4.69) is 71.2 Å². The normalized spacial score (nSPS) is 25.6. The van der Waals surface area contributed by atoms with E-state index in [1.54, 1.807) is 0 Å². The van der Waals surface area contributed by atoms with Crippen LogP contribution in [0.4, 0.5) is 6.01 Å². The number of nitrogens with one attached hydrogen (secondary N) is 1. The van der Waals surface area contributed by atoms with Gasteiger partial charge in [0.15, 0.2) is 5.58 Å². The second-order valence-electron chi connectivity index (χ2n) is 12.4. The van der Waals surface area contributed by atoms with Gasteiger partial charge in [-0.2, -0.15) is 4.98 Å². The minimum atomic E-state index is -0.0283. The van der Waals surface area contributed by atoms with E-state index in [1.165, 1.54) is 24.8 Å². The van der Waals surface area contributed by atoms with Crippen molar-refractivity contribution in [3.8, 4) is 0 Å². The van der Waals surface area contributed by atoms with Gasteiger partial charge in [0.05, 0.1) is 5.56 Å². The molecule has 3 aromatic rings. The van der Waals surface area contributed by atoms with Crippen molar-refractivity contribution in [1.82, 2.24) is 20.1 Å². The number of aromatic nitrogens is 1. The van der Waals surface area contributed by atoms with E-state index in [9.17, 15) is 4.79 Å². The van der Waals surface area contributed by atoms with Crippen molar-refractivity contribution in [3.63, 3.8) is 0 Å². The first-order valence-corrected chi connectivity index (χ1v) is 14.9. The average molecular weight is 566 g/mol. The summed E-state index contributed by atoms with van der Waals surface area (Å²) in [6.45, 7) is 8.29. The Morgan fingerprint density at radius 1 is 1.05 bits per heavy atom. The number of hydrogen-bond acceptors (Lipinski definition) is 6. The number of fused-ring (bicyclic) bond motifs is 3. The van der Waals surface area contributed by atoms with Gasteiger partial charge in [-0.15, -0.1) is 12.4 Å². The number of hydrogen-bond donors (Lipinski definition) is 1. The van der Waals surface area contributed by atoms with Gasteiger partial charge in [-0.25, -0.2) is 0 Å².